The van der Waals surface area contributed by atoms with Crippen molar-refractivity contribution in [2.24, 2.45) is 11.8 Å². The van der Waals surface area contributed by atoms with Gasteiger partial charge in [0.05, 0.1) is 0 Å². The average molecular weight is 308 g/mol. The molecule has 0 N–H and O–H groups in total. The predicted molar refractivity (Wildman–Crippen MR) is 92.8 cm³/mol. The van der Waals surface area contributed by atoms with Crippen LogP contribution in [-0.2, 0) is 9.47 Å². The zero-order chi connectivity index (χ0) is 16.8. The standard InChI is InChI=1S/C19H32O3/c1-6-7-8-9-10-11-12-13-14-15-21-19(20)22-18(16(2)3)17(4)5/h7-8,10-11,13-14,16-18H,6,9,12,15H2,1-5H3/b8-7-,11-10-,14-13-. The first-order valence-corrected chi connectivity index (χ1v) is 8.27. The van der Waals surface area contributed by atoms with Crippen LogP contribution in [0.3, 0.4) is 0 Å². The summed E-state index contributed by atoms with van der Waals surface area (Å²) >= 11 is 0. The summed E-state index contributed by atoms with van der Waals surface area (Å²) in [6.45, 7) is 10.5. The normalized spacial score (nSPS) is 12.5. The van der Waals surface area contributed by atoms with Gasteiger partial charge >= 0.3 is 6.16 Å². The molecule has 3 heteroatoms. The number of rotatable bonds is 10. The molecule has 0 amide bonds. The highest BCUT2D eigenvalue weighted by Crippen LogP contribution is 2.16. The third kappa shape index (κ3) is 11.2. The molecule has 0 aromatic carbocycles. The van der Waals surface area contributed by atoms with Gasteiger partial charge in [0.1, 0.15) is 12.7 Å². The summed E-state index contributed by atoms with van der Waals surface area (Å²) in [6.07, 6.45) is 14.6. The van der Waals surface area contributed by atoms with Gasteiger partial charge in [-0.2, -0.15) is 0 Å². The monoisotopic (exact) mass is 308 g/mol. The van der Waals surface area contributed by atoms with Crippen molar-refractivity contribution in [1.82, 2.24) is 0 Å². The van der Waals surface area contributed by atoms with Crippen LogP contribution in [0.2, 0.25) is 0 Å². The fourth-order valence-corrected chi connectivity index (χ4v) is 2.08. The van der Waals surface area contributed by atoms with Gasteiger partial charge in [0.25, 0.3) is 0 Å². The Labute approximate surface area is 136 Å². The molecule has 0 rings (SSSR count). The molecule has 0 saturated heterocycles. The summed E-state index contributed by atoms with van der Waals surface area (Å²) in [4.78, 5) is 11.6. The van der Waals surface area contributed by atoms with Gasteiger partial charge < -0.3 is 9.47 Å². The van der Waals surface area contributed by atoms with Gasteiger partial charge in [-0.15, -0.1) is 0 Å². The van der Waals surface area contributed by atoms with Gasteiger partial charge in [-0.05, 0) is 31.1 Å². The van der Waals surface area contributed by atoms with E-state index in [0.29, 0.717) is 0 Å². The molecule has 0 fully saturated rings. The van der Waals surface area contributed by atoms with E-state index >= 15 is 0 Å². The minimum atomic E-state index is -0.586. The summed E-state index contributed by atoms with van der Waals surface area (Å²) in [5.74, 6) is 0.574. The molecule has 0 saturated carbocycles. The Hall–Kier alpha value is -1.51. The first-order valence-electron chi connectivity index (χ1n) is 8.27. The van der Waals surface area contributed by atoms with Gasteiger partial charge in [-0.3, -0.25) is 0 Å². The van der Waals surface area contributed by atoms with Crippen molar-refractivity contribution in [3.05, 3.63) is 36.5 Å². The summed E-state index contributed by atoms with van der Waals surface area (Å²) in [5.41, 5.74) is 0. The van der Waals surface area contributed by atoms with E-state index in [0.717, 1.165) is 19.3 Å². The van der Waals surface area contributed by atoms with Crippen molar-refractivity contribution in [3.63, 3.8) is 0 Å². The molecule has 0 heterocycles. The third-order valence-electron chi connectivity index (χ3n) is 3.12. The molecule has 0 bridgehead atoms. The summed E-state index contributed by atoms with van der Waals surface area (Å²) in [6, 6.07) is 0. The van der Waals surface area contributed by atoms with Crippen molar-refractivity contribution in [3.8, 4) is 0 Å². The minimum Gasteiger partial charge on any atom is -0.430 e. The topological polar surface area (TPSA) is 35.5 Å². The molecule has 0 atom stereocenters. The lowest BCUT2D eigenvalue weighted by molar-refractivity contribution is -0.00626. The van der Waals surface area contributed by atoms with Crippen LogP contribution in [0, 0.1) is 11.8 Å². The molecular weight excluding hydrogens is 276 g/mol. The van der Waals surface area contributed by atoms with Crippen molar-refractivity contribution in [1.29, 1.82) is 0 Å². The minimum absolute atomic E-state index is 0.101. The SMILES string of the molecule is CC/C=C\C/C=C\C/C=C\COC(=O)OC(C(C)C)C(C)C. The Morgan fingerprint density at radius 2 is 1.36 bits per heavy atom. The highest BCUT2D eigenvalue weighted by molar-refractivity contribution is 5.60. The van der Waals surface area contributed by atoms with Gasteiger partial charge in [0.2, 0.25) is 0 Å². The maximum Gasteiger partial charge on any atom is 0.508 e. The summed E-state index contributed by atoms with van der Waals surface area (Å²) in [5, 5.41) is 0. The smallest absolute Gasteiger partial charge is 0.430 e. The van der Waals surface area contributed by atoms with E-state index in [1.807, 2.05) is 39.8 Å². The number of hydrogen-bond donors (Lipinski definition) is 0. The van der Waals surface area contributed by atoms with E-state index in [-0.39, 0.29) is 24.5 Å². The van der Waals surface area contributed by atoms with Crippen LogP contribution in [-0.4, -0.2) is 18.9 Å². The lowest BCUT2D eigenvalue weighted by Gasteiger charge is -2.24. The van der Waals surface area contributed by atoms with E-state index in [2.05, 4.69) is 31.2 Å². The third-order valence-corrected chi connectivity index (χ3v) is 3.12. The maximum absolute atomic E-state index is 11.6. The van der Waals surface area contributed by atoms with Crippen molar-refractivity contribution in [2.45, 2.75) is 60.0 Å². The van der Waals surface area contributed by atoms with Crippen LogP contribution in [0.25, 0.3) is 0 Å². The Morgan fingerprint density at radius 3 is 1.86 bits per heavy atom. The number of hydrogen-bond acceptors (Lipinski definition) is 3. The summed E-state index contributed by atoms with van der Waals surface area (Å²) in [7, 11) is 0. The molecule has 0 aromatic heterocycles. The van der Waals surface area contributed by atoms with E-state index in [9.17, 15) is 4.79 Å². The molecule has 0 spiro atoms. The Bertz CT molecular complexity index is 357. The fourth-order valence-electron chi connectivity index (χ4n) is 2.08. The van der Waals surface area contributed by atoms with Crippen LogP contribution in [0.4, 0.5) is 4.79 Å². The second kappa shape index (κ2) is 13.2. The highest BCUT2D eigenvalue weighted by atomic mass is 16.7. The molecule has 0 aliphatic rings. The van der Waals surface area contributed by atoms with Crippen molar-refractivity contribution < 1.29 is 14.3 Å². The number of carbonyl (C=O) groups excluding carboxylic acids is 1. The van der Waals surface area contributed by atoms with Gasteiger partial charge in [0, 0.05) is 0 Å². The van der Waals surface area contributed by atoms with Crippen molar-refractivity contribution in [2.75, 3.05) is 6.61 Å². The average Bonchev–Trinajstić information content (AvgIpc) is 2.46. The molecule has 0 aliphatic heterocycles. The lowest BCUT2D eigenvalue weighted by Crippen LogP contribution is -2.29. The van der Waals surface area contributed by atoms with Crippen LogP contribution in [0.1, 0.15) is 53.9 Å². The second-order valence-electron chi connectivity index (χ2n) is 5.93. The van der Waals surface area contributed by atoms with E-state index in [4.69, 9.17) is 9.47 Å². The van der Waals surface area contributed by atoms with Gasteiger partial charge in [-0.25, -0.2) is 4.79 Å². The zero-order valence-corrected chi connectivity index (χ0v) is 14.7. The van der Waals surface area contributed by atoms with Crippen molar-refractivity contribution >= 4 is 6.16 Å². The van der Waals surface area contributed by atoms with E-state index < -0.39 is 6.16 Å². The molecule has 0 aliphatic carbocycles. The first-order chi connectivity index (χ1) is 10.5. The van der Waals surface area contributed by atoms with E-state index in [1.165, 1.54) is 0 Å². The Kier molecular flexibility index (Phi) is 12.3. The molecule has 126 valence electrons. The highest BCUT2D eigenvalue weighted by Gasteiger charge is 2.22. The predicted octanol–water partition coefficient (Wildman–Crippen LogP) is 5.68. The second-order valence-corrected chi connectivity index (χ2v) is 5.93. The maximum atomic E-state index is 11.6. The summed E-state index contributed by atoms with van der Waals surface area (Å²) < 4.78 is 10.4. The molecule has 0 unspecified atom stereocenters. The quantitative estimate of drug-likeness (QED) is 0.385. The van der Waals surface area contributed by atoms with E-state index in [1.54, 1.807) is 0 Å². The lowest BCUT2D eigenvalue weighted by atomic mass is 9.96. The molecule has 3 nitrogen and oxygen atoms in total. The van der Waals surface area contributed by atoms with Crippen LogP contribution in [0.5, 0.6) is 0 Å². The Morgan fingerprint density at radius 1 is 0.864 bits per heavy atom. The first kappa shape index (κ1) is 20.5. The Balaban J connectivity index is 3.83. The zero-order valence-electron chi connectivity index (χ0n) is 14.7. The fraction of sp³-hybridized carbons (Fsp3) is 0.632. The largest absolute Gasteiger partial charge is 0.508 e. The molecular formula is C19H32O3. The molecule has 0 radical (unpaired) electrons. The van der Waals surface area contributed by atoms with Crippen LogP contribution < -0.4 is 0 Å². The van der Waals surface area contributed by atoms with Crippen LogP contribution >= 0.6 is 0 Å². The number of carbonyl (C=O) groups is 1. The van der Waals surface area contributed by atoms with Gasteiger partial charge in [0.15, 0.2) is 0 Å². The molecule has 0 aromatic rings. The molecule has 22 heavy (non-hydrogen) atoms. The van der Waals surface area contributed by atoms with Gasteiger partial charge in [-0.1, -0.05) is 71.1 Å². The number of ether oxygens (including phenoxy) is 2. The van der Waals surface area contributed by atoms with Crippen LogP contribution in [0.15, 0.2) is 36.5 Å². The number of allylic oxidation sites excluding steroid dienone is 5.